The molecule has 6 heteroatoms. The molecule has 1 N–H and O–H groups in total. The number of hydrogen-bond donors (Lipinski definition) is 1. The summed E-state index contributed by atoms with van der Waals surface area (Å²) in [7, 11) is 0. The smallest absolute Gasteiger partial charge is 0.259 e. The van der Waals surface area contributed by atoms with Crippen LogP contribution in [0.5, 0.6) is 0 Å². The predicted molar refractivity (Wildman–Crippen MR) is 86.4 cm³/mol. The standard InChI is InChI=1S/C17H15FN2O2S/c1-17(21,11-23-14-9-7-13(18)8-10-14)16-19-15(20-22-16)12-5-3-2-4-6-12/h2-10,21H,11H2,1H3. The second-order valence-corrected chi connectivity index (χ2v) is 6.35. The van der Waals surface area contributed by atoms with Gasteiger partial charge < -0.3 is 9.63 Å². The molecule has 118 valence electrons. The highest BCUT2D eigenvalue weighted by Gasteiger charge is 2.30. The Morgan fingerprint density at radius 1 is 1.13 bits per heavy atom. The van der Waals surface area contributed by atoms with Crippen LogP contribution in [-0.4, -0.2) is 21.0 Å². The number of aromatic nitrogens is 2. The zero-order valence-corrected chi connectivity index (χ0v) is 13.3. The van der Waals surface area contributed by atoms with Gasteiger partial charge >= 0.3 is 0 Å². The molecule has 0 fully saturated rings. The van der Waals surface area contributed by atoms with E-state index in [-0.39, 0.29) is 11.7 Å². The van der Waals surface area contributed by atoms with Crippen LogP contribution in [0.1, 0.15) is 12.8 Å². The van der Waals surface area contributed by atoms with Gasteiger partial charge in [-0.2, -0.15) is 4.98 Å². The number of hydrogen-bond acceptors (Lipinski definition) is 5. The molecule has 3 rings (SSSR count). The van der Waals surface area contributed by atoms with Crippen LogP contribution >= 0.6 is 11.8 Å². The highest BCUT2D eigenvalue weighted by Crippen LogP contribution is 2.29. The van der Waals surface area contributed by atoms with Gasteiger partial charge in [0.2, 0.25) is 5.82 Å². The molecule has 0 saturated carbocycles. The second kappa shape index (κ2) is 6.52. The molecule has 1 atom stereocenters. The topological polar surface area (TPSA) is 59.2 Å². The van der Waals surface area contributed by atoms with E-state index < -0.39 is 5.60 Å². The zero-order valence-electron chi connectivity index (χ0n) is 12.4. The summed E-state index contributed by atoms with van der Waals surface area (Å²) in [6.45, 7) is 1.62. The fraction of sp³-hybridized carbons (Fsp3) is 0.176. The van der Waals surface area contributed by atoms with Crippen LogP contribution in [0, 0.1) is 5.82 Å². The van der Waals surface area contributed by atoms with Crippen molar-refractivity contribution in [3.05, 3.63) is 66.3 Å². The fourth-order valence-electron chi connectivity index (χ4n) is 1.96. The molecule has 3 aromatic rings. The molecular formula is C17H15FN2O2S. The SMILES string of the molecule is CC(O)(CSc1ccc(F)cc1)c1nc(-c2ccccc2)no1. The highest BCUT2D eigenvalue weighted by molar-refractivity contribution is 7.99. The third kappa shape index (κ3) is 3.78. The van der Waals surface area contributed by atoms with E-state index in [2.05, 4.69) is 10.1 Å². The van der Waals surface area contributed by atoms with Crippen LogP contribution < -0.4 is 0 Å². The van der Waals surface area contributed by atoms with E-state index in [9.17, 15) is 9.50 Å². The minimum atomic E-state index is -1.28. The molecule has 0 spiro atoms. The van der Waals surface area contributed by atoms with Crippen molar-refractivity contribution in [3.63, 3.8) is 0 Å². The lowest BCUT2D eigenvalue weighted by Gasteiger charge is -2.17. The summed E-state index contributed by atoms with van der Waals surface area (Å²) in [5, 5.41) is 14.5. The van der Waals surface area contributed by atoms with Crippen molar-refractivity contribution in [1.82, 2.24) is 10.1 Å². The maximum Gasteiger partial charge on any atom is 0.259 e. The Labute approximate surface area is 137 Å². The van der Waals surface area contributed by atoms with Crippen molar-refractivity contribution in [3.8, 4) is 11.4 Å². The van der Waals surface area contributed by atoms with Crippen molar-refractivity contribution in [1.29, 1.82) is 0 Å². The van der Waals surface area contributed by atoms with Crippen LogP contribution in [0.15, 0.2) is 64.0 Å². The molecular weight excluding hydrogens is 315 g/mol. The van der Waals surface area contributed by atoms with Gasteiger partial charge in [-0.1, -0.05) is 35.5 Å². The lowest BCUT2D eigenvalue weighted by Crippen LogP contribution is -2.24. The molecule has 0 amide bonds. The van der Waals surface area contributed by atoms with Crippen molar-refractivity contribution in [2.45, 2.75) is 17.4 Å². The van der Waals surface area contributed by atoms with E-state index in [0.29, 0.717) is 11.6 Å². The third-order valence-corrected chi connectivity index (χ3v) is 4.56. The van der Waals surface area contributed by atoms with Gasteiger partial charge in [0.25, 0.3) is 5.89 Å². The van der Waals surface area contributed by atoms with Crippen molar-refractivity contribution >= 4 is 11.8 Å². The molecule has 1 unspecified atom stereocenters. The fourth-order valence-corrected chi connectivity index (χ4v) is 2.86. The van der Waals surface area contributed by atoms with Crippen molar-refractivity contribution < 1.29 is 14.0 Å². The normalized spacial score (nSPS) is 13.7. The summed E-state index contributed by atoms with van der Waals surface area (Å²) in [6.07, 6.45) is 0. The molecule has 0 aliphatic rings. The molecule has 0 bridgehead atoms. The van der Waals surface area contributed by atoms with Crippen LogP contribution in [-0.2, 0) is 5.60 Å². The molecule has 0 aliphatic carbocycles. The summed E-state index contributed by atoms with van der Waals surface area (Å²) in [6, 6.07) is 15.5. The van der Waals surface area contributed by atoms with E-state index in [0.717, 1.165) is 10.5 Å². The summed E-state index contributed by atoms with van der Waals surface area (Å²) >= 11 is 1.39. The van der Waals surface area contributed by atoms with Gasteiger partial charge in [-0.25, -0.2) is 4.39 Å². The molecule has 0 radical (unpaired) electrons. The molecule has 23 heavy (non-hydrogen) atoms. The average molecular weight is 330 g/mol. The van der Waals surface area contributed by atoms with Crippen LogP contribution in [0.4, 0.5) is 4.39 Å². The zero-order chi connectivity index (χ0) is 16.3. The van der Waals surface area contributed by atoms with Gasteiger partial charge in [0.05, 0.1) is 0 Å². The molecule has 0 aliphatic heterocycles. The highest BCUT2D eigenvalue weighted by atomic mass is 32.2. The molecule has 2 aromatic carbocycles. The van der Waals surface area contributed by atoms with Gasteiger partial charge in [-0.3, -0.25) is 0 Å². The van der Waals surface area contributed by atoms with Gasteiger partial charge in [0.1, 0.15) is 11.4 Å². The number of aliphatic hydroxyl groups is 1. The first-order valence-corrected chi connectivity index (χ1v) is 8.03. The number of rotatable bonds is 5. The summed E-state index contributed by atoms with van der Waals surface area (Å²) in [5.41, 5.74) is -0.455. The van der Waals surface area contributed by atoms with E-state index in [1.54, 1.807) is 19.1 Å². The van der Waals surface area contributed by atoms with Crippen molar-refractivity contribution in [2.24, 2.45) is 0 Å². The summed E-state index contributed by atoms with van der Waals surface area (Å²) in [4.78, 5) is 5.13. The first kappa shape index (κ1) is 15.7. The summed E-state index contributed by atoms with van der Waals surface area (Å²) < 4.78 is 18.1. The monoisotopic (exact) mass is 330 g/mol. The van der Waals surface area contributed by atoms with Gasteiger partial charge in [0, 0.05) is 16.2 Å². The Kier molecular flexibility index (Phi) is 4.45. The van der Waals surface area contributed by atoms with E-state index in [1.807, 2.05) is 30.3 Å². The molecule has 1 aromatic heterocycles. The largest absolute Gasteiger partial charge is 0.379 e. The molecule has 4 nitrogen and oxygen atoms in total. The second-order valence-electron chi connectivity index (χ2n) is 5.31. The quantitative estimate of drug-likeness (QED) is 0.720. The lowest BCUT2D eigenvalue weighted by molar-refractivity contribution is 0.0469. The Balaban J connectivity index is 1.72. The average Bonchev–Trinajstić information content (AvgIpc) is 3.06. The number of benzene rings is 2. The minimum Gasteiger partial charge on any atom is -0.379 e. The predicted octanol–water partition coefficient (Wildman–Crippen LogP) is 3.88. The number of nitrogens with zero attached hydrogens (tertiary/aromatic N) is 2. The van der Waals surface area contributed by atoms with Crippen LogP contribution in [0.25, 0.3) is 11.4 Å². The summed E-state index contributed by atoms with van der Waals surface area (Å²) in [5.74, 6) is 0.624. The van der Waals surface area contributed by atoms with Crippen molar-refractivity contribution in [2.75, 3.05) is 5.75 Å². The van der Waals surface area contributed by atoms with E-state index in [1.165, 1.54) is 23.9 Å². The van der Waals surface area contributed by atoms with Gasteiger partial charge in [0.15, 0.2) is 0 Å². The van der Waals surface area contributed by atoms with Crippen LogP contribution in [0.3, 0.4) is 0 Å². The first-order valence-electron chi connectivity index (χ1n) is 7.05. The molecule has 1 heterocycles. The number of halogens is 1. The lowest BCUT2D eigenvalue weighted by atomic mass is 10.1. The Bertz CT molecular complexity index is 773. The third-order valence-electron chi connectivity index (χ3n) is 3.25. The maximum absolute atomic E-state index is 12.9. The first-order chi connectivity index (χ1) is 11.0. The Morgan fingerprint density at radius 3 is 2.52 bits per heavy atom. The Hall–Kier alpha value is -2.18. The maximum atomic E-state index is 12.9. The minimum absolute atomic E-state index is 0.158. The Morgan fingerprint density at radius 2 is 1.83 bits per heavy atom. The van der Waals surface area contributed by atoms with Crippen LogP contribution in [0.2, 0.25) is 0 Å². The van der Waals surface area contributed by atoms with E-state index >= 15 is 0 Å². The van der Waals surface area contributed by atoms with Gasteiger partial charge in [-0.15, -0.1) is 11.8 Å². The van der Waals surface area contributed by atoms with E-state index in [4.69, 9.17) is 4.52 Å². The number of thioether (sulfide) groups is 1. The molecule has 0 saturated heterocycles. The van der Waals surface area contributed by atoms with Gasteiger partial charge in [-0.05, 0) is 31.2 Å².